The molecule has 4 aromatic rings. The first-order valence-electron chi connectivity index (χ1n) is 10.0. The number of carbonyl (C=O) groups excluding carboxylic acids is 1. The Kier molecular flexibility index (Phi) is 6.63. The first-order chi connectivity index (χ1) is 15.5. The van der Waals surface area contributed by atoms with Gasteiger partial charge in [0, 0.05) is 21.9 Å². The summed E-state index contributed by atoms with van der Waals surface area (Å²) in [6.45, 7) is 1.91. The van der Waals surface area contributed by atoms with Crippen molar-refractivity contribution in [3.63, 3.8) is 0 Å². The van der Waals surface area contributed by atoms with Crippen molar-refractivity contribution in [2.75, 3.05) is 7.11 Å². The largest absolute Gasteiger partial charge is 0.496 e. The van der Waals surface area contributed by atoms with Crippen LogP contribution in [-0.4, -0.2) is 22.4 Å². The van der Waals surface area contributed by atoms with Crippen LogP contribution in [0.3, 0.4) is 0 Å². The number of benzene rings is 3. The predicted octanol–water partition coefficient (Wildman–Crippen LogP) is 5.60. The zero-order valence-electron chi connectivity index (χ0n) is 17.7. The molecule has 4 rings (SSSR count). The minimum atomic E-state index is -0.0995. The minimum Gasteiger partial charge on any atom is -0.496 e. The highest BCUT2D eigenvalue weighted by molar-refractivity contribution is 7.98. The Hall–Kier alpha value is -3.09. The third-order valence-electron chi connectivity index (χ3n) is 5.12. The average molecular weight is 465 g/mol. The molecule has 1 heterocycles. The topological polar surface area (TPSA) is 61.2 Å². The normalized spacial score (nSPS) is 11.0. The maximum Gasteiger partial charge on any atom is 0.262 e. The molecule has 0 unspecified atom stereocenters. The van der Waals surface area contributed by atoms with Crippen LogP contribution in [0.4, 0.5) is 0 Å². The molecule has 3 aromatic carbocycles. The molecule has 0 spiro atoms. The molecular weight excluding hydrogens is 444 g/mol. The molecular formula is C25H21ClN2O3S. The summed E-state index contributed by atoms with van der Waals surface area (Å²) in [5.74, 6) is 1.17. The molecule has 0 fully saturated rings. The number of aromatic nitrogens is 2. The fourth-order valence-corrected chi connectivity index (χ4v) is 4.52. The van der Waals surface area contributed by atoms with E-state index in [1.165, 1.54) is 18.7 Å². The highest BCUT2D eigenvalue weighted by Gasteiger charge is 2.14. The summed E-state index contributed by atoms with van der Waals surface area (Å²) >= 11 is 7.45. The van der Waals surface area contributed by atoms with Crippen molar-refractivity contribution in [3.05, 3.63) is 98.8 Å². The van der Waals surface area contributed by atoms with E-state index >= 15 is 0 Å². The fraction of sp³-hybridized carbons (Fsp3) is 0.160. The third-order valence-corrected chi connectivity index (χ3v) is 6.40. The molecule has 5 nitrogen and oxygen atoms in total. The summed E-state index contributed by atoms with van der Waals surface area (Å²) in [6.07, 6.45) is 0. The monoisotopic (exact) mass is 464 g/mol. The lowest BCUT2D eigenvalue weighted by molar-refractivity contribution is 0.101. The van der Waals surface area contributed by atoms with E-state index < -0.39 is 0 Å². The molecule has 1 aromatic heterocycles. The minimum absolute atomic E-state index is 0.0117. The van der Waals surface area contributed by atoms with E-state index in [0.29, 0.717) is 44.7 Å². The molecule has 0 saturated heterocycles. The van der Waals surface area contributed by atoms with Gasteiger partial charge in [0.25, 0.3) is 5.56 Å². The van der Waals surface area contributed by atoms with E-state index in [4.69, 9.17) is 21.3 Å². The summed E-state index contributed by atoms with van der Waals surface area (Å²) in [6, 6.07) is 20.1. The predicted molar refractivity (Wildman–Crippen MR) is 129 cm³/mol. The number of fused-ring (bicyclic) bond motifs is 1. The summed E-state index contributed by atoms with van der Waals surface area (Å²) in [7, 11) is 1.60. The number of hydrogen-bond acceptors (Lipinski definition) is 5. The van der Waals surface area contributed by atoms with Crippen LogP contribution in [0.5, 0.6) is 5.75 Å². The lowest BCUT2D eigenvalue weighted by Crippen LogP contribution is -2.24. The van der Waals surface area contributed by atoms with Gasteiger partial charge in [0.05, 0.1) is 24.6 Å². The number of hydrogen-bond donors (Lipinski definition) is 0. The molecule has 0 bridgehead atoms. The SMILES string of the molecule is COc1ccc(C(C)=O)cc1CSc1nc2ccccc2c(=O)n1Cc1ccc(Cl)cc1. The van der Waals surface area contributed by atoms with Gasteiger partial charge in [-0.05, 0) is 55.0 Å². The molecule has 0 radical (unpaired) electrons. The Morgan fingerprint density at radius 1 is 1.09 bits per heavy atom. The second-order valence-electron chi connectivity index (χ2n) is 7.30. The lowest BCUT2D eigenvalue weighted by atomic mass is 10.1. The van der Waals surface area contributed by atoms with E-state index in [1.54, 1.807) is 42.0 Å². The first-order valence-corrected chi connectivity index (χ1v) is 11.4. The van der Waals surface area contributed by atoms with Crippen LogP contribution >= 0.6 is 23.4 Å². The number of rotatable bonds is 7. The maximum atomic E-state index is 13.3. The Morgan fingerprint density at radius 2 is 1.84 bits per heavy atom. The summed E-state index contributed by atoms with van der Waals surface area (Å²) in [5.41, 5.74) is 2.98. The van der Waals surface area contributed by atoms with Gasteiger partial charge in [-0.15, -0.1) is 0 Å². The van der Waals surface area contributed by atoms with E-state index in [9.17, 15) is 9.59 Å². The van der Waals surface area contributed by atoms with Crippen molar-refractivity contribution in [1.82, 2.24) is 9.55 Å². The number of methoxy groups -OCH3 is 1. The number of nitrogens with zero attached hydrogens (tertiary/aromatic N) is 2. The quantitative estimate of drug-likeness (QED) is 0.202. The Morgan fingerprint density at radius 3 is 2.56 bits per heavy atom. The molecule has 0 atom stereocenters. The molecule has 0 aliphatic rings. The average Bonchev–Trinajstić information content (AvgIpc) is 2.80. The van der Waals surface area contributed by atoms with Gasteiger partial charge in [0.15, 0.2) is 10.9 Å². The maximum absolute atomic E-state index is 13.3. The van der Waals surface area contributed by atoms with E-state index in [2.05, 4.69) is 0 Å². The highest BCUT2D eigenvalue weighted by atomic mass is 35.5. The summed E-state index contributed by atoms with van der Waals surface area (Å²) in [5, 5.41) is 1.81. The van der Waals surface area contributed by atoms with E-state index in [1.807, 2.05) is 36.4 Å². The lowest BCUT2D eigenvalue weighted by Gasteiger charge is -2.14. The van der Waals surface area contributed by atoms with Crippen molar-refractivity contribution in [3.8, 4) is 5.75 Å². The standard InChI is InChI=1S/C25H21ClN2O3S/c1-16(29)18-9-12-23(31-2)19(13-18)15-32-25-27-22-6-4-3-5-21(22)24(30)28(25)14-17-7-10-20(26)11-8-17/h3-13H,14-15H2,1-2H3. The van der Waals surface area contributed by atoms with Crippen molar-refractivity contribution in [1.29, 1.82) is 0 Å². The van der Waals surface area contributed by atoms with Gasteiger partial charge in [-0.3, -0.25) is 14.2 Å². The molecule has 0 saturated carbocycles. The van der Waals surface area contributed by atoms with Crippen molar-refractivity contribution >= 4 is 40.0 Å². The number of ketones is 1. The highest BCUT2D eigenvalue weighted by Crippen LogP contribution is 2.29. The second kappa shape index (κ2) is 9.59. The number of thioether (sulfide) groups is 1. The molecule has 0 amide bonds. The second-order valence-corrected chi connectivity index (χ2v) is 8.68. The van der Waals surface area contributed by atoms with Gasteiger partial charge in [-0.2, -0.15) is 0 Å². The van der Waals surface area contributed by atoms with Gasteiger partial charge < -0.3 is 4.74 Å². The van der Waals surface area contributed by atoms with E-state index in [0.717, 1.165) is 11.1 Å². The van der Waals surface area contributed by atoms with Crippen LogP contribution in [0.1, 0.15) is 28.4 Å². The van der Waals surface area contributed by atoms with Crippen molar-refractivity contribution in [2.45, 2.75) is 24.4 Å². The van der Waals surface area contributed by atoms with Gasteiger partial charge in [-0.25, -0.2) is 4.98 Å². The summed E-state index contributed by atoms with van der Waals surface area (Å²) in [4.78, 5) is 29.9. The summed E-state index contributed by atoms with van der Waals surface area (Å²) < 4.78 is 7.15. The molecule has 162 valence electrons. The van der Waals surface area contributed by atoms with Crippen molar-refractivity contribution < 1.29 is 9.53 Å². The number of para-hydroxylation sites is 1. The van der Waals surface area contributed by atoms with E-state index in [-0.39, 0.29) is 11.3 Å². The van der Waals surface area contributed by atoms with Gasteiger partial charge >= 0.3 is 0 Å². The number of ether oxygens (including phenoxy) is 1. The van der Waals surface area contributed by atoms with Crippen LogP contribution in [-0.2, 0) is 12.3 Å². The van der Waals surface area contributed by atoms with Gasteiger partial charge in [0.1, 0.15) is 5.75 Å². The van der Waals surface area contributed by atoms with Gasteiger partial charge in [-0.1, -0.05) is 47.6 Å². The van der Waals surface area contributed by atoms with Gasteiger partial charge in [0.2, 0.25) is 0 Å². The first kappa shape index (κ1) is 22.1. The number of Topliss-reactive ketones (excluding diaryl/α,β-unsaturated/α-hetero) is 1. The Bertz CT molecular complexity index is 1350. The Labute approximate surface area is 195 Å². The third kappa shape index (κ3) is 4.71. The molecule has 0 aliphatic heterocycles. The van der Waals surface area contributed by atoms with Crippen LogP contribution in [0.25, 0.3) is 10.9 Å². The molecule has 7 heteroatoms. The van der Waals surface area contributed by atoms with Crippen LogP contribution in [0.2, 0.25) is 5.02 Å². The van der Waals surface area contributed by atoms with Crippen LogP contribution in [0.15, 0.2) is 76.7 Å². The number of halogens is 1. The molecule has 0 aliphatic carbocycles. The fourth-order valence-electron chi connectivity index (χ4n) is 3.42. The zero-order chi connectivity index (χ0) is 22.7. The smallest absolute Gasteiger partial charge is 0.262 e. The molecule has 32 heavy (non-hydrogen) atoms. The Balaban J connectivity index is 1.74. The zero-order valence-corrected chi connectivity index (χ0v) is 19.2. The number of carbonyl (C=O) groups is 1. The van der Waals surface area contributed by atoms with Crippen molar-refractivity contribution in [2.24, 2.45) is 0 Å². The van der Waals surface area contributed by atoms with Crippen LogP contribution in [0, 0.1) is 0 Å². The molecule has 0 N–H and O–H groups in total. The van der Waals surface area contributed by atoms with Crippen LogP contribution < -0.4 is 10.3 Å².